The summed E-state index contributed by atoms with van der Waals surface area (Å²) < 4.78 is 11.2. The highest BCUT2D eigenvalue weighted by molar-refractivity contribution is 6.46. The number of methoxy groups -OCH3 is 1. The molecule has 2 aromatic carbocycles. The first-order chi connectivity index (χ1) is 16.6. The Hall–Kier alpha value is -3.32. The highest BCUT2D eigenvalue weighted by Gasteiger charge is 2.45. The van der Waals surface area contributed by atoms with E-state index in [4.69, 9.17) is 14.6 Å². The first kappa shape index (κ1) is 26.3. The summed E-state index contributed by atoms with van der Waals surface area (Å²) in [5, 5.41) is 20.4. The van der Waals surface area contributed by atoms with Crippen LogP contribution in [0.2, 0.25) is 0 Å². The van der Waals surface area contributed by atoms with Crippen LogP contribution in [-0.4, -0.2) is 53.7 Å². The van der Waals surface area contributed by atoms with E-state index in [2.05, 4.69) is 0 Å². The van der Waals surface area contributed by atoms with Crippen LogP contribution in [-0.2, 0) is 15.0 Å². The number of nitrogens with zero attached hydrogens (tertiary/aromatic N) is 1. The van der Waals surface area contributed by atoms with Gasteiger partial charge in [0.25, 0.3) is 11.7 Å². The second-order valence-corrected chi connectivity index (χ2v) is 9.66. The normalized spacial score (nSPS) is 17.7. The maximum absolute atomic E-state index is 13.2. The van der Waals surface area contributed by atoms with Crippen molar-refractivity contribution in [2.24, 2.45) is 0 Å². The van der Waals surface area contributed by atoms with Crippen LogP contribution in [0.1, 0.15) is 63.3 Å². The van der Waals surface area contributed by atoms with Crippen molar-refractivity contribution < 1.29 is 29.3 Å². The lowest BCUT2D eigenvalue weighted by Gasteiger charge is -2.26. The number of benzene rings is 2. The zero-order chi connectivity index (χ0) is 25.8. The Balaban J connectivity index is 2.16. The van der Waals surface area contributed by atoms with Crippen LogP contribution >= 0.6 is 0 Å². The average molecular weight is 482 g/mol. The molecule has 7 heteroatoms. The summed E-state index contributed by atoms with van der Waals surface area (Å²) in [5.74, 6) is -0.302. The summed E-state index contributed by atoms with van der Waals surface area (Å²) in [6.07, 6.45) is 1.15. The standard InChI is InChI=1S/C28H35NO6/c1-6-13-29-24(18-9-7-10-20(16-18)35-15-8-14-30)23(26(32)27(29)33)25(31)19-11-12-22(34-5)21(17-19)28(2,3)4/h7,9-12,16-17,24,30-31H,6,8,13-15H2,1-5H3/b25-23+. The molecule has 3 rings (SSSR count). The number of hydrogen-bond acceptors (Lipinski definition) is 6. The first-order valence-corrected chi connectivity index (χ1v) is 11.9. The third kappa shape index (κ3) is 5.51. The van der Waals surface area contributed by atoms with Crippen LogP contribution in [0, 0.1) is 0 Å². The molecule has 0 radical (unpaired) electrons. The van der Waals surface area contributed by atoms with Gasteiger partial charge in [-0.25, -0.2) is 0 Å². The van der Waals surface area contributed by atoms with E-state index in [9.17, 15) is 14.7 Å². The number of aliphatic hydroxyl groups is 2. The molecular weight excluding hydrogens is 446 g/mol. The number of ketones is 1. The summed E-state index contributed by atoms with van der Waals surface area (Å²) in [6, 6.07) is 11.7. The number of carbonyl (C=O) groups excluding carboxylic acids is 2. The zero-order valence-corrected chi connectivity index (χ0v) is 21.1. The van der Waals surface area contributed by atoms with E-state index in [1.165, 1.54) is 4.90 Å². The van der Waals surface area contributed by atoms with E-state index in [1.807, 2.05) is 39.8 Å². The predicted molar refractivity (Wildman–Crippen MR) is 135 cm³/mol. The van der Waals surface area contributed by atoms with Crippen molar-refractivity contribution in [2.45, 2.75) is 52.0 Å². The molecule has 0 spiro atoms. The molecular formula is C28H35NO6. The SMILES string of the molecule is CCCN1C(=O)C(=O)/C(=C(/O)c2ccc(OC)c(C(C)(C)C)c2)C1c1cccc(OCCCO)c1. The van der Waals surface area contributed by atoms with Crippen molar-refractivity contribution in [2.75, 3.05) is 26.9 Å². The monoisotopic (exact) mass is 481 g/mol. The molecule has 2 aromatic rings. The van der Waals surface area contributed by atoms with Crippen LogP contribution in [0.4, 0.5) is 0 Å². The third-order valence-corrected chi connectivity index (χ3v) is 6.03. The van der Waals surface area contributed by atoms with Crippen LogP contribution in [0.25, 0.3) is 5.76 Å². The van der Waals surface area contributed by atoms with Crippen LogP contribution in [0.3, 0.4) is 0 Å². The van der Waals surface area contributed by atoms with Gasteiger partial charge in [-0.1, -0.05) is 39.8 Å². The van der Waals surface area contributed by atoms with Crippen molar-refractivity contribution in [3.63, 3.8) is 0 Å². The molecule has 1 fully saturated rings. The molecule has 1 heterocycles. The van der Waals surface area contributed by atoms with Gasteiger partial charge in [-0.3, -0.25) is 9.59 Å². The second kappa shape index (κ2) is 11.0. The molecule has 7 nitrogen and oxygen atoms in total. The smallest absolute Gasteiger partial charge is 0.295 e. The molecule has 0 aliphatic carbocycles. The van der Waals surface area contributed by atoms with Crippen molar-refractivity contribution >= 4 is 17.4 Å². The molecule has 1 atom stereocenters. The van der Waals surface area contributed by atoms with Crippen molar-refractivity contribution in [3.8, 4) is 11.5 Å². The number of hydrogen-bond donors (Lipinski definition) is 2. The summed E-state index contributed by atoms with van der Waals surface area (Å²) in [5.41, 5.74) is 1.79. The Morgan fingerprint density at radius 3 is 2.49 bits per heavy atom. The number of likely N-dealkylation sites (tertiary alicyclic amines) is 1. The summed E-state index contributed by atoms with van der Waals surface area (Å²) >= 11 is 0. The van der Waals surface area contributed by atoms with E-state index in [0.717, 1.165) is 5.56 Å². The maximum Gasteiger partial charge on any atom is 0.295 e. The van der Waals surface area contributed by atoms with Gasteiger partial charge >= 0.3 is 0 Å². The molecule has 188 valence electrons. The number of Topliss-reactive ketones (excluding diaryl/α,β-unsaturated/α-hetero) is 1. The van der Waals surface area contributed by atoms with Crippen LogP contribution < -0.4 is 9.47 Å². The van der Waals surface area contributed by atoms with Crippen molar-refractivity contribution in [3.05, 3.63) is 64.7 Å². The van der Waals surface area contributed by atoms with Crippen LogP contribution in [0.15, 0.2) is 48.0 Å². The van der Waals surface area contributed by atoms with E-state index in [1.54, 1.807) is 37.4 Å². The summed E-state index contributed by atoms with van der Waals surface area (Å²) in [6.45, 7) is 8.79. The summed E-state index contributed by atoms with van der Waals surface area (Å²) in [7, 11) is 1.59. The van der Waals surface area contributed by atoms with Crippen molar-refractivity contribution in [1.29, 1.82) is 0 Å². The molecule has 0 aromatic heterocycles. The quantitative estimate of drug-likeness (QED) is 0.235. The Morgan fingerprint density at radius 2 is 1.86 bits per heavy atom. The van der Waals surface area contributed by atoms with Gasteiger partial charge in [0.15, 0.2) is 0 Å². The van der Waals surface area contributed by atoms with Gasteiger partial charge < -0.3 is 24.6 Å². The number of carbonyl (C=O) groups is 2. The lowest BCUT2D eigenvalue weighted by molar-refractivity contribution is -0.139. The fraction of sp³-hybridized carbons (Fsp3) is 0.429. The zero-order valence-electron chi connectivity index (χ0n) is 21.1. The molecule has 2 N–H and O–H groups in total. The summed E-state index contributed by atoms with van der Waals surface area (Å²) in [4.78, 5) is 27.7. The Labute approximate surface area is 207 Å². The molecule has 1 unspecified atom stereocenters. The minimum Gasteiger partial charge on any atom is -0.507 e. The maximum atomic E-state index is 13.2. The van der Waals surface area contributed by atoms with Crippen molar-refractivity contribution in [1.82, 2.24) is 4.90 Å². The Morgan fingerprint density at radius 1 is 1.11 bits per heavy atom. The van der Waals surface area contributed by atoms with Gasteiger partial charge in [0.05, 0.1) is 25.3 Å². The lowest BCUT2D eigenvalue weighted by Crippen LogP contribution is -2.30. The minimum atomic E-state index is -0.739. The Kier molecular flexibility index (Phi) is 8.22. The highest BCUT2D eigenvalue weighted by Crippen LogP contribution is 2.41. The fourth-order valence-electron chi connectivity index (χ4n) is 4.32. The number of rotatable bonds is 9. The molecule has 0 bridgehead atoms. The van der Waals surface area contributed by atoms with E-state index in [-0.39, 0.29) is 23.4 Å². The second-order valence-electron chi connectivity index (χ2n) is 9.66. The van der Waals surface area contributed by atoms with Gasteiger partial charge in [0, 0.05) is 30.7 Å². The van der Waals surface area contributed by atoms with Gasteiger partial charge in [-0.15, -0.1) is 0 Å². The van der Waals surface area contributed by atoms with E-state index in [0.29, 0.717) is 48.6 Å². The predicted octanol–water partition coefficient (Wildman–Crippen LogP) is 4.59. The lowest BCUT2D eigenvalue weighted by atomic mass is 9.84. The minimum absolute atomic E-state index is 0.0226. The number of amides is 1. The van der Waals surface area contributed by atoms with Gasteiger partial charge in [-0.05, 0) is 47.7 Å². The molecule has 0 saturated carbocycles. The molecule has 35 heavy (non-hydrogen) atoms. The van der Waals surface area contributed by atoms with Gasteiger partial charge in [0.2, 0.25) is 0 Å². The molecule has 1 aliphatic rings. The first-order valence-electron chi connectivity index (χ1n) is 11.9. The van der Waals surface area contributed by atoms with Gasteiger partial charge in [0.1, 0.15) is 17.3 Å². The molecule has 1 amide bonds. The van der Waals surface area contributed by atoms with Crippen LogP contribution in [0.5, 0.6) is 11.5 Å². The largest absolute Gasteiger partial charge is 0.507 e. The molecule has 1 aliphatic heterocycles. The third-order valence-electron chi connectivity index (χ3n) is 6.03. The molecule has 1 saturated heterocycles. The van der Waals surface area contributed by atoms with E-state index >= 15 is 0 Å². The highest BCUT2D eigenvalue weighted by atomic mass is 16.5. The fourth-order valence-corrected chi connectivity index (χ4v) is 4.32. The number of ether oxygens (including phenoxy) is 2. The Bertz CT molecular complexity index is 1110. The van der Waals surface area contributed by atoms with Gasteiger partial charge in [-0.2, -0.15) is 0 Å². The number of aliphatic hydroxyl groups excluding tert-OH is 2. The van der Waals surface area contributed by atoms with E-state index < -0.39 is 17.7 Å². The topological polar surface area (TPSA) is 96.3 Å². The average Bonchev–Trinajstić information content (AvgIpc) is 3.08.